The quantitative estimate of drug-likeness (QED) is 0.849. The fourth-order valence-corrected chi connectivity index (χ4v) is 2.52. The second-order valence-corrected chi connectivity index (χ2v) is 5.83. The van der Waals surface area contributed by atoms with E-state index in [1.54, 1.807) is 12.4 Å². The number of carbonyl (C=O) groups is 1. The van der Waals surface area contributed by atoms with Gasteiger partial charge in [-0.05, 0) is 30.4 Å². The molecule has 0 aromatic carbocycles. The Labute approximate surface area is 111 Å². The van der Waals surface area contributed by atoms with E-state index < -0.39 is 0 Å². The molecule has 94 valence electrons. The third kappa shape index (κ3) is 4.86. The topological polar surface area (TPSA) is 42.0 Å². The summed E-state index contributed by atoms with van der Waals surface area (Å²) in [6.07, 6.45) is 4.37. The van der Waals surface area contributed by atoms with E-state index in [2.05, 4.69) is 40.1 Å². The second-order valence-electron chi connectivity index (χ2n) is 5.04. The fraction of sp³-hybridized carbons (Fsp3) is 0.538. The van der Waals surface area contributed by atoms with Crippen LogP contribution in [0.15, 0.2) is 18.5 Å². The first-order valence-electron chi connectivity index (χ1n) is 5.70. The maximum Gasteiger partial charge on any atom is 0.252 e. The van der Waals surface area contributed by atoms with E-state index in [0.717, 1.165) is 17.3 Å². The lowest BCUT2D eigenvalue weighted by molar-refractivity contribution is 0.0935. The number of hydrogen-bond donors (Lipinski definition) is 1. The van der Waals surface area contributed by atoms with Crippen molar-refractivity contribution < 1.29 is 4.79 Å². The minimum atomic E-state index is -0.0520. The van der Waals surface area contributed by atoms with Crippen LogP contribution in [0.2, 0.25) is 0 Å². The van der Waals surface area contributed by atoms with Crippen molar-refractivity contribution in [2.75, 3.05) is 11.9 Å². The number of nitrogens with one attached hydrogen (secondary N) is 1. The summed E-state index contributed by atoms with van der Waals surface area (Å²) in [5, 5.41) is 3.90. The highest BCUT2D eigenvalue weighted by Gasteiger charge is 2.18. The van der Waals surface area contributed by atoms with Crippen molar-refractivity contribution in [2.45, 2.75) is 27.2 Å². The van der Waals surface area contributed by atoms with Crippen molar-refractivity contribution in [3.63, 3.8) is 0 Å². The zero-order valence-corrected chi connectivity index (χ0v) is 12.2. The molecule has 1 aromatic rings. The Morgan fingerprint density at radius 1 is 1.47 bits per heavy atom. The van der Waals surface area contributed by atoms with Gasteiger partial charge < -0.3 is 5.32 Å². The Morgan fingerprint density at radius 3 is 2.76 bits per heavy atom. The first-order chi connectivity index (χ1) is 7.94. The number of amides is 1. The Kier molecular flexibility index (Phi) is 5.12. The molecule has 0 saturated carbocycles. The van der Waals surface area contributed by atoms with Gasteiger partial charge in [-0.15, -0.1) is 0 Å². The van der Waals surface area contributed by atoms with E-state index >= 15 is 0 Å². The van der Waals surface area contributed by atoms with E-state index in [-0.39, 0.29) is 11.3 Å². The standard InChI is InChI=1S/C13H19BrN2O/c1-10-6-11(8-15-7-10)12(17)16-9-13(2,3)4-5-14/h6-8H,4-5,9H2,1-3H3,(H,16,17). The highest BCUT2D eigenvalue weighted by Crippen LogP contribution is 2.20. The molecule has 3 nitrogen and oxygen atoms in total. The number of hydrogen-bond acceptors (Lipinski definition) is 2. The molecule has 0 saturated heterocycles. The molecular formula is C13H19BrN2O. The smallest absolute Gasteiger partial charge is 0.252 e. The molecule has 0 aliphatic carbocycles. The number of aromatic nitrogens is 1. The van der Waals surface area contributed by atoms with Crippen LogP contribution in [0.3, 0.4) is 0 Å². The fourth-order valence-electron chi connectivity index (χ4n) is 1.44. The van der Waals surface area contributed by atoms with E-state index in [4.69, 9.17) is 0 Å². The number of halogens is 1. The number of pyridine rings is 1. The number of nitrogens with zero attached hydrogens (tertiary/aromatic N) is 1. The van der Waals surface area contributed by atoms with Crippen LogP contribution in [0.5, 0.6) is 0 Å². The molecular weight excluding hydrogens is 280 g/mol. The van der Waals surface area contributed by atoms with Crippen LogP contribution in [0.4, 0.5) is 0 Å². The maximum atomic E-state index is 11.9. The van der Waals surface area contributed by atoms with Crippen LogP contribution in [-0.2, 0) is 0 Å². The monoisotopic (exact) mass is 298 g/mol. The van der Waals surface area contributed by atoms with E-state index in [1.165, 1.54) is 0 Å². The number of alkyl halides is 1. The van der Waals surface area contributed by atoms with Gasteiger partial charge in [0, 0.05) is 24.3 Å². The van der Waals surface area contributed by atoms with Gasteiger partial charge in [-0.1, -0.05) is 29.8 Å². The molecule has 1 heterocycles. The van der Waals surface area contributed by atoms with E-state index in [0.29, 0.717) is 12.1 Å². The molecule has 17 heavy (non-hydrogen) atoms. The summed E-state index contributed by atoms with van der Waals surface area (Å²) in [6.45, 7) is 6.88. The van der Waals surface area contributed by atoms with Crippen molar-refractivity contribution in [2.24, 2.45) is 5.41 Å². The van der Waals surface area contributed by atoms with Crippen molar-refractivity contribution in [3.8, 4) is 0 Å². The Balaban J connectivity index is 2.56. The molecule has 4 heteroatoms. The van der Waals surface area contributed by atoms with E-state index in [1.807, 2.05) is 13.0 Å². The normalized spacial score (nSPS) is 11.3. The van der Waals surface area contributed by atoms with Gasteiger partial charge >= 0.3 is 0 Å². The Morgan fingerprint density at radius 2 is 2.18 bits per heavy atom. The average Bonchev–Trinajstić information content (AvgIpc) is 2.26. The highest BCUT2D eigenvalue weighted by atomic mass is 79.9. The van der Waals surface area contributed by atoms with Crippen LogP contribution in [0.25, 0.3) is 0 Å². The van der Waals surface area contributed by atoms with Gasteiger partial charge in [0.15, 0.2) is 0 Å². The number of carbonyl (C=O) groups excluding carboxylic acids is 1. The molecule has 0 aliphatic rings. The van der Waals surface area contributed by atoms with Crippen molar-refractivity contribution in [3.05, 3.63) is 29.6 Å². The van der Waals surface area contributed by atoms with Crippen LogP contribution in [0, 0.1) is 12.3 Å². The summed E-state index contributed by atoms with van der Waals surface area (Å²) in [6, 6.07) is 1.85. The summed E-state index contributed by atoms with van der Waals surface area (Å²) in [4.78, 5) is 15.9. The zero-order chi connectivity index (χ0) is 12.9. The minimum absolute atomic E-state index is 0.0520. The molecule has 0 unspecified atom stereocenters. The first kappa shape index (κ1) is 14.2. The lowest BCUT2D eigenvalue weighted by atomic mass is 9.90. The summed E-state index contributed by atoms with van der Waals surface area (Å²) < 4.78 is 0. The largest absolute Gasteiger partial charge is 0.351 e. The second kappa shape index (κ2) is 6.15. The molecule has 1 aromatic heterocycles. The Bertz CT molecular complexity index is 391. The SMILES string of the molecule is Cc1cncc(C(=O)NCC(C)(C)CCBr)c1. The third-order valence-electron chi connectivity index (χ3n) is 2.64. The zero-order valence-electron chi connectivity index (χ0n) is 10.6. The number of aryl methyl sites for hydroxylation is 1. The summed E-state index contributed by atoms with van der Waals surface area (Å²) in [5.41, 5.74) is 1.73. The van der Waals surface area contributed by atoms with Crippen molar-refractivity contribution in [1.82, 2.24) is 10.3 Å². The van der Waals surface area contributed by atoms with Crippen molar-refractivity contribution >= 4 is 21.8 Å². The lowest BCUT2D eigenvalue weighted by Crippen LogP contribution is -2.34. The van der Waals surface area contributed by atoms with Crippen molar-refractivity contribution in [1.29, 1.82) is 0 Å². The van der Waals surface area contributed by atoms with Gasteiger partial charge in [0.1, 0.15) is 0 Å². The summed E-state index contributed by atoms with van der Waals surface area (Å²) in [7, 11) is 0. The van der Waals surface area contributed by atoms with Crippen LogP contribution >= 0.6 is 15.9 Å². The average molecular weight is 299 g/mol. The lowest BCUT2D eigenvalue weighted by Gasteiger charge is -2.23. The van der Waals surface area contributed by atoms with Gasteiger partial charge in [0.25, 0.3) is 5.91 Å². The van der Waals surface area contributed by atoms with Gasteiger partial charge in [-0.2, -0.15) is 0 Å². The molecule has 0 fully saturated rings. The van der Waals surface area contributed by atoms with Crippen LogP contribution in [-0.4, -0.2) is 22.8 Å². The molecule has 0 spiro atoms. The molecule has 0 aliphatic heterocycles. The third-order valence-corrected chi connectivity index (χ3v) is 3.03. The summed E-state index contributed by atoms with van der Waals surface area (Å²) in [5.74, 6) is -0.0520. The molecule has 0 radical (unpaired) electrons. The molecule has 1 N–H and O–H groups in total. The predicted molar refractivity (Wildman–Crippen MR) is 73.5 cm³/mol. The van der Waals surface area contributed by atoms with Gasteiger partial charge in [-0.25, -0.2) is 0 Å². The van der Waals surface area contributed by atoms with Gasteiger partial charge in [0.2, 0.25) is 0 Å². The Hall–Kier alpha value is -0.900. The first-order valence-corrected chi connectivity index (χ1v) is 6.82. The maximum absolute atomic E-state index is 11.9. The predicted octanol–water partition coefficient (Wildman–Crippen LogP) is 2.93. The molecule has 0 bridgehead atoms. The highest BCUT2D eigenvalue weighted by molar-refractivity contribution is 9.09. The molecule has 0 atom stereocenters. The molecule has 1 amide bonds. The summed E-state index contributed by atoms with van der Waals surface area (Å²) >= 11 is 3.42. The molecule has 1 rings (SSSR count). The van der Waals surface area contributed by atoms with Crippen LogP contribution < -0.4 is 5.32 Å². The van der Waals surface area contributed by atoms with E-state index in [9.17, 15) is 4.79 Å². The van der Waals surface area contributed by atoms with Gasteiger partial charge in [-0.3, -0.25) is 9.78 Å². The van der Waals surface area contributed by atoms with Crippen LogP contribution in [0.1, 0.15) is 36.2 Å². The van der Waals surface area contributed by atoms with Gasteiger partial charge in [0.05, 0.1) is 5.56 Å². The number of rotatable bonds is 5. The minimum Gasteiger partial charge on any atom is -0.351 e.